The molecule has 1 fully saturated rings. The summed E-state index contributed by atoms with van der Waals surface area (Å²) in [7, 11) is 0. The lowest BCUT2D eigenvalue weighted by Gasteiger charge is -2.18. The fourth-order valence-electron chi connectivity index (χ4n) is 3.24. The Morgan fingerprint density at radius 2 is 2.12 bits per heavy atom. The molecule has 0 bridgehead atoms. The number of unbranched alkanes of at least 4 members (excludes halogenated alkanes) is 2. The number of hydrogen-bond donors (Lipinski definition) is 0. The Morgan fingerprint density at radius 1 is 1.27 bits per heavy atom. The molecule has 26 heavy (non-hydrogen) atoms. The Morgan fingerprint density at radius 3 is 2.85 bits per heavy atom. The minimum Gasteiger partial charge on any atom is -0.490 e. The molecule has 142 valence electrons. The van der Waals surface area contributed by atoms with Gasteiger partial charge in [-0.25, -0.2) is 9.07 Å². The van der Waals surface area contributed by atoms with Crippen molar-refractivity contribution >= 4 is 0 Å². The molecule has 5 heteroatoms. The molecule has 0 unspecified atom stereocenters. The maximum absolute atomic E-state index is 14.1. The van der Waals surface area contributed by atoms with Crippen molar-refractivity contribution in [2.75, 3.05) is 6.61 Å². The summed E-state index contributed by atoms with van der Waals surface area (Å²) in [4.78, 5) is 0. The molecule has 0 aliphatic heterocycles. The molecule has 3 rings (SSSR count). The highest BCUT2D eigenvalue weighted by Gasteiger charge is 2.23. The third-order valence-electron chi connectivity index (χ3n) is 5.22. The van der Waals surface area contributed by atoms with E-state index in [0.717, 1.165) is 31.4 Å². The SMILES string of the molecule is CCCCCc1cnnn1C[C@H](CC)c1ccc(F)c(OCC2CC2)c1. The van der Waals surface area contributed by atoms with Crippen LogP contribution in [0.25, 0.3) is 0 Å². The summed E-state index contributed by atoms with van der Waals surface area (Å²) in [6.07, 6.45) is 9.84. The van der Waals surface area contributed by atoms with Crippen LogP contribution in [0.2, 0.25) is 0 Å². The summed E-state index contributed by atoms with van der Waals surface area (Å²) >= 11 is 0. The molecule has 1 heterocycles. The average Bonchev–Trinajstić information content (AvgIpc) is 3.38. The fourth-order valence-corrected chi connectivity index (χ4v) is 3.24. The van der Waals surface area contributed by atoms with Gasteiger partial charge >= 0.3 is 0 Å². The van der Waals surface area contributed by atoms with Gasteiger partial charge in [0, 0.05) is 12.5 Å². The number of benzene rings is 1. The minimum atomic E-state index is -0.273. The molecule has 1 atom stereocenters. The zero-order chi connectivity index (χ0) is 18.4. The van der Waals surface area contributed by atoms with Gasteiger partial charge in [0.2, 0.25) is 0 Å². The number of aromatic nitrogens is 3. The summed E-state index contributed by atoms with van der Waals surface area (Å²) in [5, 5.41) is 8.37. The van der Waals surface area contributed by atoms with Gasteiger partial charge in [-0.1, -0.05) is 38.0 Å². The van der Waals surface area contributed by atoms with Gasteiger partial charge < -0.3 is 4.74 Å². The topological polar surface area (TPSA) is 39.9 Å². The van der Waals surface area contributed by atoms with E-state index in [0.29, 0.717) is 18.3 Å². The molecule has 0 saturated heterocycles. The van der Waals surface area contributed by atoms with Crippen molar-refractivity contribution < 1.29 is 9.13 Å². The third kappa shape index (κ3) is 5.05. The number of rotatable bonds is 11. The molecular formula is C21H30FN3O. The van der Waals surface area contributed by atoms with Gasteiger partial charge in [-0.05, 0) is 55.7 Å². The zero-order valence-corrected chi connectivity index (χ0v) is 16.0. The van der Waals surface area contributed by atoms with Crippen molar-refractivity contribution in [3.8, 4) is 5.75 Å². The highest BCUT2D eigenvalue weighted by atomic mass is 19.1. The number of ether oxygens (including phenoxy) is 1. The minimum absolute atomic E-state index is 0.269. The third-order valence-corrected chi connectivity index (χ3v) is 5.22. The maximum Gasteiger partial charge on any atom is 0.165 e. The van der Waals surface area contributed by atoms with Crippen LogP contribution in [0.3, 0.4) is 0 Å². The summed E-state index contributed by atoms with van der Waals surface area (Å²) in [5.41, 5.74) is 2.29. The van der Waals surface area contributed by atoms with Crippen LogP contribution in [-0.2, 0) is 13.0 Å². The van der Waals surface area contributed by atoms with E-state index in [-0.39, 0.29) is 11.7 Å². The van der Waals surface area contributed by atoms with Crippen molar-refractivity contribution in [3.63, 3.8) is 0 Å². The molecule has 1 aromatic heterocycles. The highest BCUT2D eigenvalue weighted by molar-refractivity contribution is 5.32. The van der Waals surface area contributed by atoms with E-state index in [4.69, 9.17) is 4.74 Å². The molecule has 0 N–H and O–H groups in total. The van der Waals surface area contributed by atoms with Gasteiger partial charge in [0.1, 0.15) is 0 Å². The average molecular weight is 359 g/mol. The second-order valence-electron chi connectivity index (χ2n) is 7.41. The fraction of sp³-hybridized carbons (Fsp3) is 0.619. The summed E-state index contributed by atoms with van der Waals surface area (Å²) in [6.45, 7) is 5.76. The lowest BCUT2D eigenvalue weighted by atomic mass is 9.96. The van der Waals surface area contributed by atoms with E-state index in [2.05, 4.69) is 24.2 Å². The Labute approximate surface area is 155 Å². The van der Waals surface area contributed by atoms with Crippen LogP contribution >= 0.6 is 0 Å². The summed E-state index contributed by atoms with van der Waals surface area (Å²) in [6, 6.07) is 5.28. The van der Waals surface area contributed by atoms with Crippen LogP contribution in [0.15, 0.2) is 24.4 Å². The zero-order valence-electron chi connectivity index (χ0n) is 16.0. The molecule has 1 saturated carbocycles. The first-order chi connectivity index (χ1) is 12.7. The monoisotopic (exact) mass is 359 g/mol. The first-order valence-corrected chi connectivity index (χ1v) is 10.0. The van der Waals surface area contributed by atoms with Gasteiger partial charge in [0.15, 0.2) is 11.6 Å². The Bertz CT molecular complexity index is 696. The van der Waals surface area contributed by atoms with Gasteiger partial charge in [-0.2, -0.15) is 0 Å². The molecule has 2 aromatic rings. The second kappa shape index (κ2) is 9.15. The molecule has 0 radical (unpaired) electrons. The molecule has 4 nitrogen and oxygen atoms in total. The van der Waals surface area contributed by atoms with E-state index in [1.807, 2.05) is 23.0 Å². The normalized spacial score (nSPS) is 15.2. The quantitative estimate of drug-likeness (QED) is 0.522. The molecule has 1 aromatic carbocycles. The van der Waals surface area contributed by atoms with E-state index in [1.54, 1.807) is 0 Å². The number of nitrogens with zero attached hydrogens (tertiary/aromatic N) is 3. The smallest absolute Gasteiger partial charge is 0.165 e. The summed E-state index contributed by atoms with van der Waals surface area (Å²) in [5.74, 6) is 0.992. The summed E-state index contributed by atoms with van der Waals surface area (Å²) < 4.78 is 21.8. The van der Waals surface area contributed by atoms with Gasteiger partial charge in [0.05, 0.1) is 18.5 Å². The largest absolute Gasteiger partial charge is 0.490 e. The number of halogens is 1. The first-order valence-electron chi connectivity index (χ1n) is 10.0. The maximum atomic E-state index is 14.1. The number of hydrogen-bond acceptors (Lipinski definition) is 3. The first kappa shape index (κ1) is 18.9. The van der Waals surface area contributed by atoms with Crippen molar-refractivity contribution in [2.24, 2.45) is 5.92 Å². The van der Waals surface area contributed by atoms with E-state index in [9.17, 15) is 4.39 Å². The van der Waals surface area contributed by atoms with E-state index < -0.39 is 0 Å². The van der Waals surface area contributed by atoms with Crippen LogP contribution in [0.4, 0.5) is 4.39 Å². The van der Waals surface area contributed by atoms with E-state index >= 15 is 0 Å². The van der Waals surface area contributed by atoms with Crippen LogP contribution < -0.4 is 4.74 Å². The molecule has 1 aliphatic carbocycles. The Balaban J connectivity index is 1.68. The number of aryl methyl sites for hydroxylation is 1. The lowest BCUT2D eigenvalue weighted by molar-refractivity contribution is 0.284. The standard InChI is InChI=1S/C21H30FN3O/c1-3-5-6-7-19-13-23-24-25(19)14-17(4-2)18-10-11-20(22)21(12-18)26-15-16-8-9-16/h10-13,16-17H,3-9,14-15H2,1-2H3/t17-/m0/s1. The highest BCUT2D eigenvalue weighted by Crippen LogP contribution is 2.32. The van der Waals surface area contributed by atoms with Crippen LogP contribution in [0.5, 0.6) is 5.75 Å². The molecular weight excluding hydrogens is 329 g/mol. The molecule has 0 spiro atoms. The lowest BCUT2D eigenvalue weighted by Crippen LogP contribution is -2.13. The van der Waals surface area contributed by atoms with Gasteiger partial charge in [-0.3, -0.25) is 0 Å². The van der Waals surface area contributed by atoms with Crippen molar-refractivity contribution in [1.82, 2.24) is 15.0 Å². The van der Waals surface area contributed by atoms with Crippen LogP contribution in [-0.4, -0.2) is 21.6 Å². The second-order valence-corrected chi connectivity index (χ2v) is 7.41. The van der Waals surface area contributed by atoms with Crippen molar-refractivity contribution in [3.05, 3.63) is 41.5 Å². The molecule has 1 aliphatic rings. The van der Waals surface area contributed by atoms with Gasteiger partial charge in [0.25, 0.3) is 0 Å². The van der Waals surface area contributed by atoms with Crippen LogP contribution in [0.1, 0.15) is 69.5 Å². The van der Waals surface area contributed by atoms with Crippen molar-refractivity contribution in [1.29, 1.82) is 0 Å². The van der Waals surface area contributed by atoms with Crippen LogP contribution in [0, 0.1) is 11.7 Å². The van der Waals surface area contributed by atoms with E-state index in [1.165, 1.54) is 37.4 Å². The predicted octanol–water partition coefficient (Wildman–Crippen LogP) is 5.13. The Kier molecular flexibility index (Phi) is 6.64. The van der Waals surface area contributed by atoms with Crippen molar-refractivity contribution in [2.45, 2.75) is 71.3 Å². The Hall–Kier alpha value is -1.91. The van der Waals surface area contributed by atoms with Gasteiger partial charge in [-0.15, -0.1) is 5.10 Å². The predicted molar refractivity (Wildman–Crippen MR) is 101 cm³/mol. The molecule has 0 amide bonds.